The molecule has 0 unspecified atom stereocenters. The molecule has 1 aromatic heterocycles. The quantitative estimate of drug-likeness (QED) is 0.592. The second-order valence-corrected chi connectivity index (χ2v) is 4.72. The lowest BCUT2D eigenvalue weighted by molar-refractivity contribution is -0.383. The molecule has 1 N–H and O–H groups in total. The Morgan fingerprint density at radius 2 is 1.90 bits per heavy atom. The van der Waals surface area contributed by atoms with Crippen molar-refractivity contribution in [3.8, 4) is 0 Å². The van der Waals surface area contributed by atoms with Crippen LogP contribution in [0.2, 0.25) is 0 Å². The molecule has 0 aliphatic heterocycles. The van der Waals surface area contributed by atoms with E-state index in [0.717, 1.165) is 11.7 Å². The number of aromatic nitrogens is 2. The second kappa shape index (κ2) is 5.25. The molecule has 2 aromatic carbocycles. The fourth-order valence-electron chi connectivity index (χ4n) is 1.86. The van der Waals surface area contributed by atoms with Crippen molar-refractivity contribution in [2.75, 3.05) is 5.32 Å². The van der Waals surface area contributed by atoms with Gasteiger partial charge in [-0.2, -0.15) is 8.75 Å². The van der Waals surface area contributed by atoms with Gasteiger partial charge in [0.1, 0.15) is 16.7 Å². The first-order valence-electron chi connectivity index (χ1n) is 5.92. The molecule has 0 atom stereocenters. The highest BCUT2D eigenvalue weighted by Gasteiger charge is 2.16. The number of para-hydroxylation sites is 2. The number of hydrogen-bond acceptors (Lipinski definition) is 6. The molecule has 104 valence electrons. The third-order valence-electron chi connectivity index (χ3n) is 2.86. The second-order valence-electron chi connectivity index (χ2n) is 4.20. The standard InChI is InChI=1S/C13H8N4O3S/c18-13(8-5-6-9-11(7-8)16-21-15-9)14-10-3-1-2-4-12(10)17(19)20/h1-7H,(H,14,18). The molecule has 0 fully saturated rings. The molecule has 0 radical (unpaired) electrons. The molecule has 0 bridgehead atoms. The highest BCUT2D eigenvalue weighted by Crippen LogP contribution is 2.24. The van der Waals surface area contributed by atoms with Gasteiger partial charge in [0.2, 0.25) is 0 Å². The summed E-state index contributed by atoms with van der Waals surface area (Å²) in [6.45, 7) is 0. The van der Waals surface area contributed by atoms with Crippen LogP contribution in [0.25, 0.3) is 11.0 Å². The van der Waals surface area contributed by atoms with Crippen LogP contribution in [0.4, 0.5) is 11.4 Å². The number of carbonyl (C=O) groups is 1. The Hall–Kier alpha value is -2.87. The molecule has 0 aliphatic carbocycles. The fraction of sp³-hybridized carbons (Fsp3) is 0. The molecule has 8 heteroatoms. The SMILES string of the molecule is O=C(Nc1ccccc1[N+](=O)[O-])c1ccc2nsnc2c1. The Bertz CT molecular complexity index is 846. The van der Waals surface area contributed by atoms with Crippen LogP contribution in [0.5, 0.6) is 0 Å². The van der Waals surface area contributed by atoms with E-state index < -0.39 is 10.8 Å². The molecule has 7 nitrogen and oxygen atoms in total. The van der Waals surface area contributed by atoms with Crippen LogP contribution in [0.1, 0.15) is 10.4 Å². The molecule has 0 aliphatic rings. The van der Waals surface area contributed by atoms with Gasteiger partial charge in [0.15, 0.2) is 0 Å². The Kier molecular flexibility index (Phi) is 3.28. The maximum atomic E-state index is 12.2. The van der Waals surface area contributed by atoms with Crippen LogP contribution in [-0.2, 0) is 0 Å². The highest BCUT2D eigenvalue weighted by atomic mass is 32.1. The van der Waals surface area contributed by atoms with Crippen molar-refractivity contribution in [1.29, 1.82) is 0 Å². The van der Waals surface area contributed by atoms with E-state index in [4.69, 9.17) is 0 Å². The number of benzene rings is 2. The summed E-state index contributed by atoms with van der Waals surface area (Å²) >= 11 is 1.06. The summed E-state index contributed by atoms with van der Waals surface area (Å²) in [5.74, 6) is -0.431. The smallest absolute Gasteiger partial charge is 0.292 e. The number of fused-ring (bicyclic) bond motifs is 1. The van der Waals surface area contributed by atoms with Gasteiger partial charge in [-0.15, -0.1) is 0 Å². The Labute approximate surface area is 122 Å². The average molecular weight is 300 g/mol. The minimum Gasteiger partial charge on any atom is -0.316 e. The third kappa shape index (κ3) is 2.56. The first-order valence-corrected chi connectivity index (χ1v) is 6.65. The lowest BCUT2D eigenvalue weighted by atomic mass is 10.1. The Morgan fingerprint density at radius 3 is 2.71 bits per heavy atom. The van der Waals surface area contributed by atoms with E-state index in [1.165, 1.54) is 12.1 Å². The number of carbonyl (C=O) groups excluding carboxylic acids is 1. The molecule has 21 heavy (non-hydrogen) atoms. The summed E-state index contributed by atoms with van der Waals surface area (Å²) in [6, 6.07) is 10.9. The number of amides is 1. The first kappa shape index (κ1) is 13.1. The van der Waals surface area contributed by atoms with Gasteiger partial charge >= 0.3 is 0 Å². The maximum Gasteiger partial charge on any atom is 0.292 e. The number of hydrogen-bond donors (Lipinski definition) is 1. The lowest BCUT2D eigenvalue weighted by Gasteiger charge is -2.05. The molecular weight excluding hydrogens is 292 g/mol. The number of rotatable bonds is 3. The normalized spacial score (nSPS) is 10.5. The summed E-state index contributed by atoms with van der Waals surface area (Å²) in [7, 11) is 0. The van der Waals surface area contributed by atoms with E-state index in [-0.39, 0.29) is 11.4 Å². The van der Waals surface area contributed by atoms with Crippen molar-refractivity contribution >= 4 is 40.0 Å². The van der Waals surface area contributed by atoms with Crippen LogP contribution in [0.3, 0.4) is 0 Å². The summed E-state index contributed by atoms with van der Waals surface area (Å²) < 4.78 is 8.11. The fourth-order valence-corrected chi connectivity index (χ4v) is 2.37. The number of nitro benzene ring substituents is 1. The average Bonchev–Trinajstić information content (AvgIpc) is 2.94. The van der Waals surface area contributed by atoms with Gasteiger partial charge < -0.3 is 5.32 Å². The molecule has 0 saturated carbocycles. The van der Waals surface area contributed by atoms with Crippen molar-refractivity contribution in [3.05, 3.63) is 58.1 Å². The van der Waals surface area contributed by atoms with Gasteiger partial charge in [-0.1, -0.05) is 12.1 Å². The van der Waals surface area contributed by atoms with E-state index >= 15 is 0 Å². The molecule has 1 amide bonds. The molecule has 3 rings (SSSR count). The zero-order valence-corrected chi connectivity index (χ0v) is 11.3. The summed E-state index contributed by atoms with van der Waals surface area (Å²) in [6.07, 6.45) is 0. The van der Waals surface area contributed by atoms with Crippen LogP contribution in [0, 0.1) is 10.1 Å². The number of anilines is 1. The topological polar surface area (TPSA) is 98.0 Å². The van der Waals surface area contributed by atoms with Crippen LogP contribution < -0.4 is 5.32 Å². The zero-order valence-electron chi connectivity index (χ0n) is 10.5. The summed E-state index contributed by atoms with van der Waals surface area (Å²) in [5, 5.41) is 13.5. The summed E-state index contributed by atoms with van der Waals surface area (Å²) in [4.78, 5) is 22.6. The maximum absolute atomic E-state index is 12.2. The Morgan fingerprint density at radius 1 is 1.14 bits per heavy atom. The number of nitrogens with zero attached hydrogens (tertiary/aromatic N) is 3. The number of nitro groups is 1. The largest absolute Gasteiger partial charge is 0.316 e. The first-order chi connectivity index (χ1) is 10.1. The van der Waals surface area contributed by atoms with E-state index in [0.29, 0.717) is 16.6 Å². The van der Waals surface area contributed by atoms with E-state index in [9.17, 15) is 14.9 Å². The van der Waals surface area contributed by atoms with Gasteiger partial charge in [-0.3, -0.25) is 14.9 Å². The van der Waals surface area contributed by atoms with E-state index in [2.05, 4.69) is 14.1 Å². The molecular formula is C13H8N4O3S. The van der Waals surface area contributed by atoms with Gasteiger partial charge in [0.25, 0.3) is 11.6 Å². The van der Waals surface area contributed by atoms with Crippen LogP contribution in [0.15, 0.2) is 42.5 Å². The number of nitrogens with one attached hydrogen (secondary N) is 1. The molecule has 3 aromatic rings. The van der Waals surface area contributed by atoms with Gasteiger partial charge in [-0.25, -0.2) is 0 Å². The molecule has 1 heterocycles. The van der Waals surface area contributed by atoms with Crippen molar-refractivity contribution in [3.63, 3.8) is 0 Å². The predicted molar refractivity (Wildman–Crippen MR) is 78.5 cm³/mol. The minimum absolute atomic E-state index is 0.151. The summed E-state index contributed by atoms with van der Waals surface area (Å²) in [5.41, 5.74) is 1.71. The minimum atomic E-state index is -0.539. The molecule has 0 spiro atoms. The molecule has 0 saturated heterocycles. The van der Waals surface area contributed by atoms with Crippen molar-refractivity contribution in [1.82, 2.24) is 8.75 Å². The van der Waals surface area contributed by atoms with Gasteiger partial charge in [0, 0.05) is 11.6 Å². The van der Waals surface area contributed by atoms with Crippen molar-refractivity contribution in [2.24, 2.45) is 0 Å². The monoisotopic (exact) mass is 300 g/mol. The predicted octanol–water partition coefficient (Wildman–Crippen LogP) is 2.85. The highest BCUT2D eigenvalue weighted by molar-refractivity contribution is 7.00. The Balaban J connectivity index is 1.91. The van der Waals surface area contributed by atoms with Crippen LogP contribution >= 0.6 is 11.7 Å². The van der Waals surface area contributed by atoms with Crippen molar-refractivity contribution < 1.29 is 9.72 Å². The third-order valence-corrected chi connectivity index (χ3v) is 3.42. The van der Waals surface area contributed by atoms with E-state index in [1.807, 2.05) is 0 Å². The van der Waals surface area contributed by atoms with Crippen LogP contribution in [-0.4, -0.2) is 19.6 Å². The van der Waals surface area contributed by atoms with Gasteiger partial charge in [0.05, 0.1) is 16.7 Å². The zero-order chi connectivity index (χ0) is 14.8. The van der Waals surface area contributed by atoms with E-state index in [1.54, 1.807) is 30.3 Å². The van der Waals surface area contributed by atoms with Crippen molar-refractivity contribution in [2.45, 2.75) is 0 Å². The lowest BCUT2D eigenvalue weighted by Crippen LogP contribution is -2.13. The van der Waals surface area contributed by atoms with Gasteiger partial charge in [-0.05, 0) is 24.3 Å².